The van der Waals surface area contributed by atoms with Gasteiger partial charge in [0.25, 0.3) is 0 Å². The van der Waals surface area contributed by atoms with E-state index in [2.05, 4.69) is 193 Å². The van der Waals surface area contributed by atoms with Gasteiger partial charge in [0, 0.05) is 73.6 Å². The van der Waals surface area contributed by atoms with Crippen molar-refractivity contribution in [3.63, 3.8) is 0 Å². The van der Waals surface area contributed by atoms with Crippen LogP contribution in [0, 0.1) is 11.3 Å². The molecule has 0 atom stereocenters. The molecule has 0 bridgehead atoms. The lowest BCUT2D eigenvalue weighted by Gasteiger charge is -2.29. The number of imidazole rings is 1. The lowest BCUT2D eigenvalue weighted by molar-refractivity contribution is 1.01. The minimum atomic E-state index is 0.411. The average Bonchev–Trinajstić information content (AvgIpc) is 4.38. The SMILES string of the molecule is N#Cc1c(-n2c3ccccc3c3ccncc32)c(-n2c3ccccc3c3ccncc32)c(-c2nc3ccccc3n2-c2ccccc2)c(-n2c3ccccc3c3ccncc32)c1-n1c2ccccc2c2ccncc21. The summed E-state index contributed by atoms with van der Waals surface area (Å²) in [7, 11) is 0. The van der Waals surface area contributed by atoms with Gasteiger partial charge in [0.05, 0.1) is 108 Å². The van der Waals surface area contributed by atoms with Crippen LogP contribution in [-0.4, -0.2) is 47.8 Å². The van der Waals surface area contributed by atoms with E-state index in [9.17, 15) is 5.26 Å². The number of para-hydroxylation sites is 7. The first-order valence-electron chi connectivity index (χ1n) is 24.8. The maximum absolute atomic E-state index is 12.8. The van der Waals surface area contributed by atoms with Crippen molar-refractivity contribution < 1.29 is 0 Å². The van der Waals surface area contributed by atoms with Crippen molar-refractivity contribution >= 4 is 98.3 Å². The second-order valence-electron chi connectivity index (χ2n) is 18.8. The van der Waals surface area contributed by atoms with Crippen molar-refractivity contribution in [2.45, 2.75) is 0 Å². The van der Waals surface area contributed by atoms with Crippen molar-refractivity contribution in [2.75, 3.05) is 0 Å². The zero-order chi connectivity index (χ0) is 49.3. The van der Waals surface area contributed by atoms with Gasteiger partial charge >= 0.3 is 0 Å². The highest BCUT2D eigenvalue weighted by Gasteiger charge is 2.37. The van der Waals surface area contributed by atoms with Crippen LogP contribution in [0.15, 0.2) is 225 Å². The average molecular weight is 960 g/mol. The molecule has 0 N–H and O–H groups in total. The van der Waals surface area contributed by atoms with Crippen molar-refractivity contribution in [1.29, 1.82) is 5.26 Å². The standard InChI is InChI=1S/C64H37N11/c65-34-48-60(72-50-21-9-4-16-40(50)44-26-30-66-35-55(44)72)62(74-52-23-11-6-18-42(52)46-28-32-68-37-57(46)74)59(64-70-49-20-8-13-25-54(49)71(64)39-14-2-1-3-15-39)63(75-53-24-12-7-19-43(53)47-29-33-69-38-58(47)75)61(48)73-51-22-10-5-17-41(51)45-27-31-67-36-56(45)73/h1-33,35-38H. The first kappa shape index (κ1) is 41.0. The van der Waals surface area contributed by atoms with Gasteiger partial charge in [-0.15, -0.1) is 0 Å². The van der Waals surface area contributed by atoms with Crippen LogP contribution in [0.4, 0.5) is 0 Å². The molecule has 348 valence electrons. The molecule has 16 rings (SSSR count). The number of hydrogen-bond donors (Lipinski definition) is 0. The van der Waals surface area contributed by atoms with E-state index in [0.717, 1.165) is 121 Å². The van der Waals surface area contributed by atoms with E-state index in [1.807, 2.05) is 61.7 Å². The van der Waals surface area contributed by atoms with Crippen LogP contribution in [0.25, 0.3) is 138 Å². The van der Waals surface area contributed by atoms with Crippen LogP contribution in [0.2, 0.25) is 0 Å². The summed E-state index contributed by atoms with van der Waals surface area (Å²) in [5, 5.41) is 20.9. The summed E-state index contributed by atoms with van der Waals surface area (Å²) < 4.78 is 11.4. The Balaban J connectivity index is 1.30. The van der Waals surface area contributed by atoms with Crippen molar-refractivity contribution in [1.82, 2.24) is 47.8 Å². The third kappa shape index (κ3) is 5.59. The minimum Gasteiger partial charge on any atom is -0.305 e. The molecule has 11 nitrogen and oxygen atoms in total. The van der Waals surface area contributed by atoms with E-state index < -0.39 is 0 Å². The maximum Gasteiger partial charge on any atom is 0.150 e. The van der Waals surface area contributed by atoms with Gasteiger partial charge in [-0.25, -0.2) is 4.98 Å². The molecule has 0 fully saturated rings. The third-order valence-electron chi connectivity index (χ3n) is 15.1. The van der Waals surface area contributed by atoms with E-state index in [1.54, 1.807) is 0 Å². The molecule has 7 aromatic carbocycles. The molecule has 16 aromatic rings. The van der Waals surface area contributed by atoms with Gasteiger partial charge in [-0.1, -0.05) is 103 Å². The lowest BCUT2D eigenvalue weighted by atomic mass is 9.97. The molecule has 0 aliphatic carbocycles. The first-order valence-corrected chi connectivity index (χ1v) is 24.8. The fourth-order valence-electron chi connectivity index (χ4n) is 12.2. The molecular weight excluding hydrogens is 923 g/mol. The third-order valence-corrected chi connectivity index (χ3v) is 15.1. The number of pyridine rings is 4. The summed E-state index contributed by atoms with van der Waals surface area (Å²) in [6, 6.07) is 63.9. The predicted molar refractivity (Wildman–Crippen MR) is 300 cm³/mol. The van der Waals surface area contributed by atoms with E-state index >= 15 is 0 Å². The summed E-state index contributed by atoms with van der Waals surface area (Å²) in [6.45, 7) is 0. The van der Waals surface area contributed by atoms with E-state index in [1.165, 1.54) is 0 Å². The molecule has 11 heteroatoms. The largest absolute Gasteiger partial charge is 0.305 e. The monoisotopic (exact) mass is 959 g/mol. The Labute approximate surface area is 426 Å². The fraction of sp³-hybridized carbons (Fsp3) is 0. The van der Waals surface area contributed by atoms with Gasteiger partial charge in [0.1, 0.15) is 17.5 Å². The van der Waals surface area contributed by atoms with E-state index in [4.69, 9.17) is 24.9 Å². The Morgan fingerprint density at radius 3 is 1.04 bits per heavy atom. The molecule has 0 aliphatic rings. The molecule has 0 aliphatic heterocycles. The van der Waals surface area contributed by atoms with E-state index in [0.29, 0.717) is 22.8 Å². The molecule has 0 spiro atoms. The Kier molecular flexibility index (Phi) is 8.55. The molecule has 0 radical (unpaired) electrons. The highest BCUT2D eigenvalue weighted by atomic mass is 15.2. The van der Waals surface area contributed by atoms with Gasteiger partial charge < -0.3 is 18.3 Å². The van der Waals surface area contributed by atoms with Crippen LogP contribution >= 0.6 is 0 Å². The summed E-state index contributed by atoms with van der Waals surface area (Å²) in [4.78, 5) is 25.2. The predicted octanol–water partition coefficient (Wildman–Crippen LogP) is 14.5. The Morgan fingerprint density at radius 1 is 0.307 bits per heavy atom. The smallest absolute Gasteiger partial charge is 0.150 e. The molecule has 0 saturated heterocycles. The van der Waals surface area contributed by atoms with Gasteiger partial charge in [0.2, 0.25) is 0 Å². The summed E-state index contributed by atoms with van der Waals surface area (Å²) in [5.74, 6) is 0.654. The normalized spacial score (nSPS) is 12.0. The lowest BCUT2D eigenvalue weighted by Crippen LogP contribution is -2.17. The van der Waals surface area contributed by atoms with Crippen LogP contribution < -0.4 is 0 Å². The number of aromatic nitrogens is 10. The number of hydrogen-bond acceptors (Lipinski definition) is 6. The van der Waals surface area contributed by atoms with Gasteiger partial charge in [0.15, 0.2) is 0 Å². The quantitative estimate of drug-likeness (QED) is 0.164. The molecule has 75 heavy (non-hydrogen) atoms. The fourth-order valence-corrected chi connectivity index (χ4v) is 12.2. The zero-order valence-electron chi connectivity index (χ0n) is 39.8. The minimum absolute atomic E-state index is 0.411. The zero-order valence-corrected chi connectivity index (χ0v) is 39.8. The molecule has 9 heterocycles. The molecule has 0 saturated carbocycles. The number of rotatable bonds is 6. The van der Waals surface area contributed by atoms with Gasteiger partial charge in [-0.05, 0) is 72.8 Å². The summed E-state index contributed by atoms with van der Waals surface area (Å²) in [6.07, 6.45) is 15.1. The highest BCUT2D eigenvalue weighted by Crippen LogP contribution is 2.52. The summed E-state index contributed by atoms with van der Waals surface area (Å²) >= 11 is 0. The van der Waals surface area contributed by atoms with Crippen molar-refractivity contribution in [3.8, 4) is 45.9 Å². The molecule has 0 amide bonds. The Hall–Kier alpha value is -10.7. The second-order valence-corrected chi connectivity index (χ2v) is 18.8. The number of benzene rings is 7. The number of nitrogens with zero attached hydrogens (tertiary/aromatic N) is 11. The summed E-state index contributed by atoms with van der Waals surface area (Å²) in [5.41, 5.74) is 13.6. The number of fused-ring (bicyclic) bond motifs is 13. The van der Waals surface area contributed by atoms with Crippen molar-refractivity contribution in [2.24, 2.45) is 0 Å². The van der Waals surface area contributed by atoms with Crippen LogP contribution in [0.1, 0.15) is 5.56 Å². The van der Waals surface area contributed by atoms with E-state index in [-0.39, 0.29) is 0 Å². The highest BCUT2D eigenvalue weighted by molar-refractivity contribution is 6.17. The van der Waals surface area contributed by atoms with Gasteiger partial charge in [-0.2, -0.15) is 5.26 Å². The van der Waals surface area contributed by atoms with Crippen LogP contribution in [0.3, 0.4) is 0 Å². The topological polar surface area (TPSA) is 113 Å². The van der Waals surface area contributed by atoms with Crippen LogP contribution in [-0.2, 0) is 0 Å². The second kappa shape index (κ2) is 15.6. The molecule has 0 unspecified atom stereocenters. The Bertz CT molecular complexity index is 4630. The molecule has 9 aromatic heterocycles. The Morgan fingerprint density at radius 2 is 0.640 bits per heavy atom. The first-order chi connectivity index (χ1) is 37.3. The molecular formula is C64H37N11. The maximum atomic E-state index is 12.8. The van der Waals surface area contributed by atoms with Crippen molar-refractivity contribution in [3.05, 3.63) is 231 Å². The number of nitriles is 1. The van der Waals surface area contributed by atoms with Crippen LogP contribution in [0.5, 0.6) is 0 Å². The van der Waals surface area contributed by atoms with Gasteiger partial charge in [-0.3, -0.25) is 24.5 Å².